The number of amides is 1. The Bertz CT molecular complexity index is 909. The molecule has 1 heterocycles. The molecule has 1 N–H and O–H groups in total. The van der Waals surface area contributed by atoms with Crippen LogP contribution in [0.1, 0.15) is 15.9 Å². The normalized spacial score (nSPS) is 14.7. The van der Waals surface area contributed by atoms with E-state index in [1.165, 1.54) is 25.3 Å². The van der Waals surface area contributed by atoms with Crippen molar-refractivity contribution in [2.75, 3.05) is 40.0 Å². The molecule has 0 aliphatic carbocycles. The third-order valence-corrected chi connectivity index (χ3v) is 6.02. The van der Waals surface area contributed by atoms with E-state index in [0.717, 1.165) is 5.56 Å². The first-order valence-electron chi connectivity index (χ1n) is 9.10. The van der Waals surface area contributed by atoms with E-state index in [1.807, 2.05) is 30.3 Å². The lowest BCUT2D eigenvalue weighted by molar-refractivity contribution is 0.0300. The van der Waals surface area contributed by atoms with Gasteiger partial charge in [0.25, 0.3) is 5.91 Å². The second-order valence-corrected chi connectivity index (χ2v) is 8.17. The minimum atomic E-state index is -3.74. The van der Waals surface area contributed by atoms with Gasteiger partial charge < -0.3 is 14.4 Å². The largest absolute Gasteiger partial charge is 0.496 e. The predicted octanol–water partition coefficient (Wildman–Crippen LogP) is 1.69. The number of hydrogen-bond donors (Lipinski definition) is 1. The molecular formula is C20H24N2O5S. The third-order valence-electron chi connectivity index (χ3n) is 4.56. The highest BCUT2D eigenvalue weighted by Gasteiger charge is 2.24. The van der Waals surface area contributed by atoms with Crippen LogP contribution in [0.2, 0.25) is 0 Å². The summed E-state index contributed by atoms with van der Waals surface area (Å²) in [7, 11) is -2.29. The molecule has 2 aromatic rings. The number of nitrogens with one attached hydrogen (secondary N) is 1. The number of hydrogen-bond acceptors (Lipinski definition) is 5. The molecule has 0 radical (unpaired) electrons. The zero-order valence-corrected chi connectivity index (χ0v) is 16.6. The Labute approximate surface area is 165 Å². The summed E-state index contributed by atoms with van der Waals surface area (Å²) < 4.78 is 38.5. The number of ether oxygens (including phenoxy) is 2. The molecule has 1 aliphatic heterocycles. The van der Waals surface area contributed by atoms with Crippen molar-refractivity contribution in [2.45, 2.75) is 11.3 Å². The summed E-state index contributed by atoms with van der Waals surface area (Å²) in [5.41, 5.74) is 1.28. The maximum atomic E-state index is 12.8. The summed E-state index contributed by atoms with van der Waals surface area (Å²) in [4.78, 5) is 14.5. The molecule has 1 saturated heterocycles. The number of benzene rings is 2. The molecule has 8 heteroatoms. The highest BCUT2D eigenvalue weighted by Crippen LogP contribution is 2.24. The average molecular weight is 404 g/mol. The third kappa shape index (κ3) is 4.89. The summed E-state index contributed by atoms with van der Waals surface area (Å²) in [5, 5.41) is 0. The van der Waals surface area contributed by atoms with Gasteiger partial charge in [-0.15, -0.1) is 0 Å². The second-order valence-electron chi connectivity index (χ2n) is 6.40. The maximum Gasteiger partial charge on any atom is 0.257 e. The van der Waals surface area contributed by atoms with Gasteiger partial charge in [0.05, 0.1) is 30.8 Å². The first-order chi connectivity index (χ1) is 13.5. The topological polar surface area (TPSA) is 84.9 Å². The van der Waals surface area contributed by atoms with Crippen molar-refractivity contribution >= 4 is 15.9 Å². The predicted molar refractivity (Wildman–Crippen MR) is 105 cm³/mol. The molecule has 0 bridgehead atoms. The van der Waals surface area contributed by atoms with E-state index in [2.05, 4.69) is 4.72 Å². The van der Waals surface area contributed by atoms with E-state index >= 15 is 0 Å². The number of carbonyl (C=O) groups is 1. The van der Waals surface area contributed by atoms with Gasteiger partial charge in [0, 0.05) is 19.6 Å². The van der Waals surface area contributed by atoms with Crippen molar-refractivity contribution in [3.63, 3.8) is 0 Å². The molecule has 0 unspecified atom stereocenters. The van der Waals surface area contributed by atoms with Crippen molar-refractivity contribution < 1.29 is 22.7 Å². The maximum absolute atomic E-state index is 12.8. The molecular weight excluding hydrogens is 380 g/mol. The van der Waals surface area contributed by atoms with Gasteiger partial charge in [-0.1, -0.05) is 30.3 Å². The molecule has 1 fully saturated rings. The van der Waals surface area contributed by atoms with Gasteiger partial charge in [-0.25, -0.2) is 13.1 Å². The Morgan fingerprint density at radius 2 is 1.86 bits per heavy atom. The van der Waals surface area contributed by atoms with Crippen molar-refractivity contribution in [1.82, 2.24) is 9.62 Å². The van der Waals surface area contributed by atoms with Gasteiger partial charge in [-0.2, -0.15) is 0 Å². The zero-order chi connectivity index (χ0) is 20.0. The Kier molecular flexibility index (Phi) is 6.66. The van der Waals surface area contributed by atoms with Crippen LogP contribution >= 0.6 is 0 Å². The van der Waals surface area contributed by atoms with E-state index in [0.29, 0.717) is 38.5 Å². The lowest BCUT2D eigenvalue weighted by Gasteiger charge is -2.27. The van der Waals surface area contributed by atoms with Crippen LogP contribution in [-0.2, 0) is 21.2 Å². The van der Waals surface area contributed by atoms with E-state index in [-0.39, 0.29) is 22.9 Å². The van der Waals surface area contributed by atoms with Crippen LogP contribution in [0.3, 0.4) is 0 Å². The van der Waals surface area contributed by atoms with Crippen LogP contribution in [0.15, 0.2) is 53.4 Å². The lowest BCUT2D eigenvalue weighted by Crippen LogP contribution is -2.40. The van der Waals surface area contributed by atoms with Gasteiger partial charge in [0.15, 0.2) is 0 Å². The minimum absolute atomic E-state index is 0.0398. The first kappa shape index (κ1) is 20.3. The summed E-state index contributed by atoms with van der Waals surface area (Å²) >= 11 is 0. The number of methoxy groups -OCH3 is 1. The Morgan fingerprint density at radius 1 is 1.14 bits per heavy atom. The minimum Gasteiger partial charge on any atom is -0.496 e. The molecule has 3 rings (SSSR count). The van der Waals surface area contributed by atoms with Crippen LogP contribution in [0.4, 0.5) is 0 Å². The van der Waals surface area contributed by atoms with E-state index in [9.17, 15) is 13.2 Å². The quantitative estimate of drug-likeness (QED) is 0.759. The van der Waals surface area contributed by atoms with Crippen LogP contribution in [0.5, 0.6) is 5.75 Å². The van der Waals surface area contributed by atoms with E-state index in [4.69, 9.17) is 9.47 Å². The van der Waals surface area contributed by atoms with Gasteiger partial charge in [-0.3, -0.25) is 4.79 Å². The fraction of sp³-hybridized carbons (Fsp3) is 0.350. The molecule has 0 saturated carbocycles. The SMILES string of the molecule is COc1ccc(S(=O)(=O)NCCc2ccccc2)cc1C(=O)N1CCOCC1. The fourth-order valence-electron chi connectivity index (χ4n) is 3.02. The highest BCUT2D eigenvalue weighted by atomic mass is 32.2. The van der Waals surface area contributed by atoms with Crippen LogP contribution in [0.25, 0.3) is 0 Å². The number of carbonyl (C=O) groups excluding carboxylic acids is 1. The number of nitrogens with zero attached hydrogens (tertiary/aromatic N) is 1. The summed E-state index contributed by atoms with van der Waals surface area (Å²) in [6.07, 6.45) is 0.579. The van der Waals surface area contributed by atoms with Crippen molar-refractivity contribution in [2.24, 2.45) is 0 Å². The second kappa shape index (κ2) is 9.18. The van der Waals surface area contributed by atoms with E-state index in [1.54, 1.807) is 4.90 Å². The van der Waals surface area contributed by atoms with Gasteiger partial charge in [0.2, 0.25) is 10.0 Å². The monoisotopic (exact) mass is 404 g/mol. The van der Waals surface area contributed by atoms with Gasteiger partial charge in [0.1, 0.15) is 5.75 Å². The van der Waals surface area contributed by atoms with Crippen LogP contribution in [-0.4, -0.2) is 59.2 Å². The number of sulfonamides is 1. The van der Waals surface area contributed by atoms with Crippen LogP contribution < -0.4 is 9.46 Å². The summed E-state index contributed by atoms with van der Waals surface area (Å²) in [6, 6.07) is 14.0. The summed E-state index contributed by atoms with van der Waals surface area (Å²) in [5.74, 6) is 0.0845. The number of rotatable bonds is 7. The van der Waals surface area contributed by atoms with Crippen LogP contribution in [0, 0.1) is 0 Å². The lowest BCUT2D eigenvalue weighted by atomic mass is 10.1. The highest BCUT2D eigenvalue weighted by molar-refractivity contribution is 7.89. The summed E-state index contributed by atoms with van der Waals surface area (Å²) in [6.45, 7) is 2.13. The molecule has 0 aromatic heterocycles. The fourth-order valence-corrected chi connectivity index (χ4v) is 4.07. The molecule has 28 heavy (non-hydrogen) atoms. The molecule has 1 amide bonds. The number of morpholine rings is 1. The Morgan fingerprint density at radius 3 is 2.54 bits per heavy atom. The molecule has 2 aromatic carbocycles. The smallest absolute Gasteiger partial charge is 0.257 e. The van der Waals surface area contributed by atoms with Crippen molar-refractivity contribution in [3.05, 3.63) is 59.7 Å². The van der Waals surface area contributed by atoms with Gasteiger partial charge in [-0.05, 0) is 30.2 Å². The molecule has 7 nitrogen and oxygen atoms in total. The standard InChI is InChI=1S/C20H24N2O5S/c1-26-19-8-7-17(15-18(19)20(23)22-11-13-27-14-12-22)28(24,25)21-10-9-16-5-3-2-4-6-16/h2-8,15,21H,9-14H2,1H3. The van der Waals surface area contributed by atoms with Crippen molar-refractivity contribution in [3.8, 4) is 5.75 Å². The molecule has 150 valence electrons. The Balaban J connectivity index is 1.76. The van der Waals surface area contributed by atoms with Crippen molar-refractivity contribution in [1.29, 1.82) is 0 Å². The first-order valence-corrected chi connectivity index (χ1v) is 10.6. The average Bonchev–Trinajstić information content (AvgIpc) is 2.74. The Hall–Kier alpha value is -2.42. The molecule has 0 spiro atoms. The molecule has 1 aliphatic rings. The van der Waals surface area contributed by atoms with Gasteiger partial charge >= 0.3 is 0 Å². The molecule has 0 atom stereocenters. The van der Waals surface area contributed by atoms with E-state index < -0.39 is 10.0 Å². The zero-order valence-electron chi connectivity index (χ0n) is 15.8.